The molecule has 0 saturated carbocycles. The summed E-state index contributed by atoms with van der Waals surface area (Å²) in [5.74, 6) is -0.647. The lowest BCUT2D eigenvalue weighted by Crippen LogP contribution is -2.45. The van der Waals surface area contributed by atoms with Gasteiger partial charge in [-0.05, 0) is 52.0 Å². The Balaban J connectivity index is 2.33. The molecule has 0 aromatic heterocycles. The van der Waals surface area contributed by atoms with Gasteiger partial charge < -0.3 is 9.31 Å². The molecule has 0 amide bonds. The number of ketones is 1. The summed E-state index contributed by atoms with van der Waals surface area (Å²) in [5.41, 5.74) is -1.68. The van der Waals surface area contributed by atoms with E-state index >= 15 is 0 Å². The first-order valence-corrected chi connectivity index (χ1v) is 8.28. The standard InChI is InChI=1S/C17H21BClF3O3/c1-14(2)15(3,4)25-18(24-14)16(5,17(20,21)22)10-13(23)11-6-8-12(19)9-7-11/h6-9H,10H2,1-5H3/t16-/m0/s1. The highest BCUT2D eigenvalue weighted by molar-refractivity contribution is 6.50. The number of halogens is 4. The summed E-state index contributed by atoms with van der Waals surface area (Å²) in [6.07, 6.45) is -5.47. The Hall–Kier alpha value is -1.05. The van der Waals surface area contributed by atoms with E-state index in [1.165, 1.54) is 24.3 Å². The van der Waals surface area contributed by atoms with Crippen molar-refractivity contribution in [2.45, 2.75) is 63.7 Å². The maximum atomic E-state index is 13.9. The lowest BCUT2D eigenvalue weighted by Gasteiger charge is -2.33. The molecule has 1 saturated heterocycles. The Kier molecular flexibility index (Phi) is 5.10. The normalized spacial score (nSPS) is 21.9. The van der Waals surface area contributed by atoms with Gasteiger partial charge in [0.15, 0.2) is 5.78 Å². The minimum Gasteiger partial charge on any atom is -0.403 e. The van der Waals surface area contributed by atoms with E-state index in [-0.39, 0.29) is 5.56 Å². The van der Waals surface area contributed by atoms with Crippen molar-refractivity contribution in [1.29, 1.82) is 0 Å². The van der Waals surface area contributed by atoms with E-state index in [0.29, 0.717) is 5.02 Å². The first-order valence-electron chi connectivity index (χ1n) is 7.91. The highest BCUT2D eigenvalue weighted by atomic mass is 35.5. The molecule has 1 atom stereocenters. The molecule has 138 valence electrons. The average molecular weight is 377 g/mol. The van der Waals surface area contributed by atoms with Crippen molar-refractivity contribution < 1.29 is 27.3 Å². The van der Waals surface area contributed by atoms with Gasteiger partial charge in [-0.15, -0.1) is 0 Å². The predicted octanol–water partition coefficient (Wildman–Crippen LogP) is 5.33. The Labute approximate surface area is 151 Å². The quantitative estimate of drug-likeness (QED) is 0.526. The first-order chi connectivity index (χ1) is 11.2. The lowest BCUT2D eigenvalue weighted by atomic mass is 9.55. The Morgan fingerprint density at radius 3 is 1.92 bits per heavy atom. The molecule has 1 aromatic carbocycles. The molecular weight excluding hydrogens is 355 g/mol. The molecule has 3 nitrogen and oxygen atoms in total. The molecule has 8 heteroatoms. The largest absolute Gasteiger partial charge is 0.474 e. The van der Waals surface area contributed by atoms with Crippen molar-refractivity contribution in [3.05, 3.63) is 34.9 Å². The summed E-state index contributed by atoms with van der Waals surface area (Å²) in [6, 6.07) is 5.75. The van der Waals surface area contributed by atoms with Crippen molar-refractivity contribution in [3.63, 3.8) is 0 Å². The van der Waals surface area contributed by atoms with Crippen LogP contribution in [0.25, 0.3) is 0 Å². The van der Waals surface area contributed by atoms with Gasteiger partial charge in [0.2, 0.25) is 0 Å². The van der Waals surface area contributed by atoms with Gasteiger partial charge in [0.1, 0.15) is 5.31 Å². The van der Waals surface area contributed by atoms with E-state index in [0.717, 1.165) is 6.92 Å². The smallest absolute Gasteiger partial charge is 0.403 e. The van der Waals surface area contributed by atoms with Gasteiger partial charge in [-0.3, -0.25) is 4.79 Å². The zero-order chi connectivity index (χ0) is 19.3. The van der Waals surface area contributed by atoms with Crippen LogP contribution in [-0.4, -0.2) is 30.3 Å². The molecule has 1 heterocycles. The first kappa shape index (κ1) is 20.3. The second-order valence-electron chi connectivity index (χ2n) is 7.61. The van der Waals surface area contributed by atoms with Gasteiger partial charge in [0.25, 0.3) is 0 Å². The summed E-state index contributed by atoms with van der Waals surface area (Å²) in [6.45, 7) is 7.65. The number of Topliss-reactive ketones (excluding diaryl/α,β-unsaturated/α-hetero) is 1. The van der Waals surface area contributed by atoms with Crippen molar-refractivity contribution in [2.24, 2.45) is 0 Å². The number of alkyl halides is 3. The predicted molar refractivity (Wildman–Crippen MR) is 90.9 cm³/mol. The summed E-state index contributed by atoms with van der Waals surface area (Å²) in [7, 11) is -1.58. The maximum Gasteiger partial charge on any atom is 0.474 e. The Bertz CT molecular complexity index is 642. The van der Waals surface area contributed by atoms with Gasteiger partial charge in [-0.25, -0.2) is 0 Å². The third kappa shape index (κ3) is 3.73. The van der Waals surface area contributed by atoms with Crippen LogP contribution in [0.1, 0.15) is 51.4 Å². The third-order valence-corrected chi connectivity index (χ3v) is 5.37. The SMILES string of the molecule is CC1(C)OB([C@@](C)(CC(=O)c2ccc(Cl)cc2)C(F)(F)F)OC1(C)C. The van der Waals surface area contributed by atoms with E-state index in [1.807, 2.05) is 0 Å². The molecule has 1 aliphatic heterocycles. The van der Waals surface area contributed by atoms with E-state index < -0.39 is 42.0 Å². The fourth-order valence-corrected chi connectivity index (χ4v) is 2.62. The van der Waals surface area contributed by atoms with Crippen molar-refractivity contribution >= 4 is 24.5 Å². The van der Waals surface area contributed by atoms with Crippen LogP contribution in [0.2, 0.25) is 10.3 Å². The molecule has 2 rings (SSSR count). The maximum absolute atomic E-state index is 13.9. The fourth-order valence-electron chi connectivity index (χ4n) is 2.49. The second-order valence-corrected chi connectivity index (χ2v) is 8.05. The van der Waals surface area contributed by atoms with Crippen LogP contribution < -0.4 is 0 Å². The minimum absolute atomic E-state index is 0.163. The van der Waals surface area contributed by atoms with Crippen LogP contribution >= 0.6 is 11.6 Å². The van der Waals surface area contributed by atoms with Crippen molar-refractivity contribution in [3.8, 4) is 0 Å². The highest BCUT2D eigenvalue weighted by Crippen LogP contribution is 2.55. The summed E-state index contributed by atoms with van der Waals surface area (Å²) < 4.78 is 52.8. The van der Waals surface area contributed by atoms with Gasteiger partial charge in [0, 0.05) is 17.0 Å². The van der Waals surface area contributed by atoms with E-state index in [2.05, 4.69) is 0 Å². The monoisotopic (exact) mass is 376 g/mol. The number of rotatable bonds is 4. The molecule has 0 radical (unpaired) electrons. The molecule has 0 unspecified atom stereocenters. The molecule has 1 aliphatic rings. The van der Waals surface area contributed by atoms with Gasteiger partial charge >= 0.3 is 13.3 Å². The number of carbonyl (C=O) groups is 1. The number of hydrogen-bond donors (Lipinski definition) is 0. The van der Waals surface area contributed by atoms with Crippen LogP contribution in [0.4, 0.5) is 13.2 Å². The second kappa shape index (κ2) is 6.29. The topological polar surface area (TPSA) is 35.5 Å². The average Bonchev–Trinajstić information content (AvgIpc) is 2.67. The van der Waals surface area contributed by atoms with Crippen LogP contribution in [0, 0.1) is 0 Å². The van der Waals surface area contributed by atoms with Gasteiger partial charge in [0.05, 0.1) is 11.2 Å². The zero-order valence-corrected chi connectivity index (χ0v) is 15.6. The Morgan fingerprint density at radius 1 is 1.08 bits per heavy atom. The van der Waals surface area contributed by atoms with Crippen LogP contribution in [0.5, 0.6) is 0 Å². The zero-order valence-electron chi connectivity index (χ0n) is 14.8. The summed E-state index contributed by atoms with van der Waals surface area (Å²) in [5, 5.41) is -2.07. The Morgan fingerprint density at radius 2 is 1.52 bits per heavy atom. The minimum atomic E-state index is -4.68. The van der Waals surface area contributed by atoms with Crippen LogP contribution in [0.15, 0.2) is 24.3 Å². The molecule has 0 aliphatic carbocycles. The number of carbonyl (C=O) groups excluding carboxylic acids is 1. The van der Waals surface area contributed by atoms with Crippen molar-refractivity contribution in [2.75, 3.05) is 0 Å². The molecule has 1 aromatic rings. The van der Waals surface area contributed by atoms with Crippen LogP contribution in [0.3, 0.4) is 0 Å². The molecule has 0 N–H and O–H groups in total. The molecule has 0 bridgehead atoms. The van der Waals surface area contributed by atoms with E-state index in [4.69, 9.17) is 20.9 Å². The lowest BCUT2D eigenvalue weighted by molar-refractivity contribution is -0.168. The van der Waals surface area contributed by atoms with Gasteiger partial charge in [-0.1, -0.05) is 18.5 Å². The molecule has 0 spiro atoms. The van der Waals surface area contributed by atoms with E-state index in [1.54, 1.807) is 27.7 Å². The summed E-state index contributed by atoms with van der Waals surface area (Å²) >= 11 is 5.76. The number of benzene rings is 1. The molecule has 1 fully saturated rings. The molecule has 25 heavy (non-hydrogen) atoms. The van der Waals surface area contributed by atoms with E-state index in [9.17, 15) is 18.0 Å². The molecular formula is C17H21BClF3O3. The third-order valence-electron chi connectivity index (χ3n) is 5.12. The number of hydrogen-bond acceptors (Lipinski definition) is 3. The van der Waals surface area contributed by atoms with Crippen molar-refractivity contribution in [1.82, 2.24) is 0 Å². The summed E-state index contributed by atoms with van der Waals surface area (Å²) in [4.78, 5) is 12.4. The highest BCUT2D eigenvalue weighted by Gasteiger charge is 2.67. The fraction of sp³-hybridized carbons (Fsp3) is 0.588. The van der Waals surface area contributed by atoms with Crippen LogP contribution in [-0.2, 0) is 9.31 Å². The van der Waals surface area contributed by atoms with Gasteiger partial charge in [-0.2, -0.15) is 13.2 Å².